The molecule has 0 atom stereocenters. The molecule has 1 aromatic heterocycles. The van der Waals surface area contributed by atoms with Crippen LogP contribution in [0.25, 0.3) is 0 Å². The van der Waals surface area contributed by atoms with Gasteiger partial charge in [0.05, 0.1) is 17.9 Å². The smallest absolute Gasteiger partial charge is 0.277 e. The normalized spacial score (nSPS) is 14.8. The summed E-state index contributed by atoms with van der Waals surface area (Å²) >= 11 is 12.1. The number of carbonyl (C=O) groups excluding carboxylic acids is 1. The van der Waals surface area contributed by atoms with Gasteiger partial charge in [0.15, 0.2) is 0 Å². The molecule has 2 aromatic carbocycles. The van der Waals surface area contributed by atoms with Crippen LogP contribution in [-0.2, 0) is 11.3 Å². The van der Waals surface area contributed by atoms with Gasteiger partial charge in [-0.05, 0) is 35.9 Å². The predicted octanol–water partition coefficient (Wildman–Crippen LogP) is 5.06. The summed E-state index contributed by atoms with van der Waals surface area (Å²) in [5.74, 6) is -0.161. The molecule has 0 saturated carbocycles. The number of hydrogen-bond acceptors (Lipinski definition) is 3. The van der Waals surface area contributed by atoms with Crippen LogP contribution in [0.2, 0.25) is 10.0 Å². The van der Waals surface area contributed by atoms with Gasteiger partial charge in [0.25, 0.3) is 5.91 Å². The first kappa shape index (κ1) is 16.8. The zero-order valence-electron chi connectivity index (χ0n) is 13.6. The molecule has 2 heterocycles. The van der Waals surface area contributed by atoms with Crippen LogP contribution in [0.1, 0.15) is 11.1 Å². The molecular weight excluding hydrogens is 369 g/mol. The van der Waals surface area contributed by atoms with E-state index in [9.17, 15) is 4.79 Å². The average molecular weight is 382 g/mol. The van der Waals surface area contributed by atoms with E-state index in [4.69, 9.17) is 23.2 Å². The number of rotatable bonds is 3. The van der Waals surface area contributed by atoms with Gasteiger partial charge in [-0.2, -0.15) is 0 Å². The molecule has 1 amide bonds. The topological polar surface area (TPSA) is 45.6 Å². The zero-order valence-corrected chi connectivity index (χ0v) is 15.1. The van der Waals surface area contributed by atoms with E-state index in [1.807, 2.05) is 36.4 Å². The Kier molecular flexibility index (Phi) is 4.45. The number of carbonyl (C=O) groups is 1. The molecule has 26 heavy (non-hydrogen) atoms. The van der Waals surface area contributed by atoms with Crippen molar-refractivity contribution in [2.75, 3.05) is 4.90 Å². The number of hydrogen-bond donors (Lipinski definition) is 0. The second-order valence-corrected chi connectivity index (χ2v) is 6.73. The van der Waals surface area contributed by atoms with Crippen LogP contribution in [0, 0.1) is 0 Å². The Morgan fingerprint density at radius 3 is 2.50 bits per heavy atom. The summed E-state index contributed by atoms with van der Waals surface area (Å²) in [5, 5.41) is 0.950. The van der Waals surface area contributed by atoms with Gasteiger partial charge in [-0.1, -0.05) is 47.5 Å². The Balaban J connectivity index is 1.77. The van der Waals surface area contributed by atoms with Crippen molar-refractivity contribution >= 4 is 46.2 Å². The number of aromatic nitrogens is 1. The van der Waals surface area contributed by atoms with Crippen molar-refractivity contribution in [1.82, 2.24) is 4.98 Å². The largest absolute Gasteiger partial charge is 0.302 e. The lowest BCUT2D eigenvalue weighted by atomic mass is 10.1. The van der Waals surface area contributed by atoms with Crippen LogP contribution < -0.4 is 4.90 Å². The third kappa shape index (κ3) is 3.21. The molecule has 1 aliphatic heterocycles. The molecule has 128 valence electrons. The summed E-state index contributed by atoms with van der Waals surface area (Å²) in [6, 6.07) is 16.4. The average Bonchev–Trinajstić information content (AvgIpc) is 2.88. The summed E-state index contributed by atoms with van der Waals surface area (Å²) in [4.78, 5) is 23.4. The number of anilines is 1. The number of amides is 1. The maximum atomic E-state index is 13.0. The summed E-state index contributed by atoms with van der Waals surface area (Å²) < 4.78 is 0. The summed E-state index contributed by atoms with van der Waals surface area (Å²) in [7, 11) is 0. The standard InChI is InChI=1S/C20H13Cl2N3O/c21-14-8-15(22)10-16(9-14)24-19-17-5-1-2-6-18(17)25(20(19)26)12-13-4-3-7-23-11-13/h1-11H,12H2. The van der Waals surface area contributed by atoms with E-state index in [1.165, 1.54) is 0 Å². The molecule has 3 aromatic rings. The van der Waals surface area contributed by atoms with Crippen molar-refractivity contribution in [3.8, 4) is 0 Å². The van der Waals surface area contributed by atoms with Gasteiger partial charge in [0, 0.05) is 28.0 Å². The Morgan fingerprint density at radius 2 is 1.77 bits per heavy atom. The lowest BCUT2D eigenvalue weighted by Gasteiger charge is -2.16. The molecule has 0 N–H and O–H groups in total. The van der Waals surface area contributed by atoms with Gasteiger partial charge in [-0.3, -0.25) is 9.78 Å². The fourth-order valence-electron chi connectivity index (χ4n) is 2.93. The summed E-state index contributed by atoms with van der Waals surface area (Å²) in [6.07, 6.45) is 3.46. The van der Waals surface area contributed by atoms with Gasteiger partial charge >= 0.3 is 0 Å². The molecular formula is C20H13Cl2N3O. The van der Waals surface area contributed by atoms with E-state index in [2.05, 4.69) is 9.98 Å². The van der Waals surface area contributed by atoms with Crippen LogP contribution in [0.3, 0.4) is 0 Å². The molecule has 0 unspecified atom stereocenters. The van der Waals surface area contributed by atoms with Gasteiger partial charge in [0.1, 0.15) is 5.71 Å². The second-order valence-electron chi connectivity index (χ2n) is 5.86. The first-order valence-corrected chi connectivity index (χ1v) is 8.72. The Hall–Kier alpha value is -2.69. The van der Waals surface area contributed by atoms with E-state index >= 15 is 0 Å². The SMILES string of the molecule is O=C1C(=Nc2cc(Cl)cc(Cl)c2)c2ccccc2N1Cc1cccnc1. The molecule has 0 aliphatic carbocycles. The molecule has 0 spiro atoms. The van der Waals surface area contributed by atoms with Crippen molar-refractivity contribution < 1.29 is 4.79 Å². The third-order valence-electron chi connectivity index (χ3n) is 4.05. The Labute approximate surface area is 160 Å². The highest BCUT2D eigenvalue weighted by Crippen LogP contribution is 2.33. The molecule has 4 rings (SSSR count). The maximum absolute atomic E-state index is 13.0. The molecule has 0 saturated heterocycles. The van der Waals surface area contributed by atoms with Crippen LogP contribution in [0.4, 0.5) is 11.4 Å². The van der Waals surface area contributed by atoms with Crippen LogP contribution in [0.15, 0.2) is 72.0 Å². The van der Waals surface area contributed by atoms with Gasteiger partial charge < -0.3 is 4.90 Å². The molecule has 4 nitrogen and oxygen atoms in total. The molecule has 0 bridgehead atoms. The fraction of sp³-hybridized carbons (Fsp3) is 0.0500. The number of halogens is 2. The Bertz CT molecular complexity index is 998. The van der Waals surface area contributed by atoms with Gasteiger partial charge in [-0.15, -0.1) is 0 Å². The van der Waals surface area contributed by atoms with E-state index in [0.717, 1.165) is 16.8 Å². The number of benzene rings is 2. The summed E-state index contributed by atoms with van der Waals surface area (Å²) in [6.45, 7) is 0.430. The van der Waals surface area contributed by atoms with Gasteiger partial charge in [-0.25, -0.2) is 4.99 Å². The highest BCUT2D eigenvalue weighted by Gasteiger charge is 2.33. The van der Waals surface area contributed by atoms with Crippen molar-refractivity contribution in [2.45, 2.75) is 6.54 Å². The molecule has 6 heteroatoms. The quantitative estimate of drug-likeness (QED) is 0.636. The second kappa shape index (κ2) is 6.90. The minimum atomic E-state index is -0.161. The molecule has 0 radical (unpaired) electrons. The zero-order chi connectivity index (χ0) is 18.1. The van der Waals surface area contributed by atoms with Crippen LogP contribution in [0.5, 0.6) is 0 Å². The lowest BCUT2D eigenvalue weighted by molar-refractivity contribution is -0.112. The number of fused-ring (bicyclic) bond motifs is 1. The monoisotopic (exact) mass is 381 g/mol. The van der Waals surface area contributed by atoms with E-state index in [0.29, 0.717) is 28.0 Å². The number of pyridine rings is 1. The van der Waals surface area contributed by atoms with Crippen molar-refractivity contribution in [3.05, 3.63) is 88.2 Å². The lowest BCUT2D eigenvalue weighted by Crippen LogP contribution is -2.29. The van der Waals surface area contributed by atoms with Crippen molar-refractivity contribution in [2.24, 2.45) is 4.99 Å². The van der Waals surface area contributed by atoms with Crippen molar-refractivity contribution in [1.29, 1.82) is 0 Å². The first-order valence-electron chi connectivity index (χ1n) is 7.97. The van der Waals surface area contributed by atoms with Crippen molar-refractivity contribution in [3.63, 3.8) is 0 Å². The van der Waals surface area contributed by atoms with Crippen LogP contribution >= 0.6 is 23.2 Å². The highest BCUT2D eigenvalue weighted by atomic mass is 35.5. The minimum Gasteiger partial charge on any atom is -0.302 e. The van der Waals surface area contributed by atoms with E-state index in [1.54, 1.807) is 35.5 Å². The third-order valence-corrected chi connectivity index (χ3v) is 4.49. The number of nitrogens with zero attached hydrogens (tertiary/aromatic N) is 3. The van der Waals surface area contributed by atoms with Crippen LogP contribution in [-0.4, -0.2) is 16.6 Å². The minimum absolute atomic E-state index is 0.161. The highest BCUT2D eigenvalue weighted by molar-refractivity contribution is 6.54. The Morgan fingerprint density at radius 1 is 1.00 bits per heavy atom. The number of para-hydroxylation sites is 1. The van der Waals surface area contributed by atoms with E-state index in [-0.39, 0.29) is 5.91 Å². The van der Waals surface area contributed by atoms with E-state index < -0.39 is 0 Å². The summed E-state index contributed by atoms with van der Waals surface area (Å²) in [5.41, 5.74) is 3.49. The molecule has 1 aliphatic rings. The molecule has 0 fully saturated rings. The fourth-order valence-corrected chi connectivity index (χ4v) is 3.45. The predicted molar refractivity (Wildman–Crippen MR) is 105 cm³/mol. The first-order chi connectivity index (χ1) is 12.6. The number of aliphatic imine (C=N–C) groups is 1. The maximum Gasteiger partial charge on any atom is 0.277 e. The van der Waals surface area contributed by atoms with Gasteiger partial charge in [0.2, 0.25) is 0 Å².